The molecule has 54 valence electrons. The van der Waals surface area contributed by atoms with Crippen LogP contribution in [0, 0.1) is 6.92 Å². The summed E-state index contributed by atoms with van der Waals surface area (Å²) in [6, 6.07) is 3.13. The van der Waals surface area contributed by atoms with Gasteiger partial charge in [-0.05, 0) is 24.6 Å². The minimum Gasteiger partial charge on any atom is -0.508 e. The molecule has 0 aliphatic rings. The largest absolute Gasteiger partial charge is 0.508 e. The summed E-state index contributed by atoms with van der Waals surface area (Å²) in [5.74, 6) is 0.183. The number of hydrogen-bond acceptors (Lipinski definition) is 1. The monoisotopic (exact) mass is 220 g/mol. The number of aromatic hydroxyl groups is 1. The molecule has 0 aromatic heterocycles. The van der Waals surface area contributed by atoms with Crippen molar-refractivity contribution in [3.63, 3.8) is 0 Å². The first-order chi connectivity index (χ1) is 4.61. The molecule has 0 saturated heterocycles. The maximum absolute atomic E-state index is 9.00. The van der Waals surface area contributed by atoms with Crippen molar-refractivity contribution in [3.05, 3.63) is 27.2 Å². The van der Waals surface area contributed by atoms with Crippen molar-refractivity contribution in [2.45, 2.75) is 6.92 Å². The molecule has 0 unspecified atom stereocenters. The molecule has 0 atom stereocenters. The van der Waals surface area contributed by atoms with Crippen LogP contribution in [0.15, 0.2) is 16.6 Å². The minimum atomic E-state index is 0.183. The van der Waals surface area contributed by atoms with Crippen molar-refractivity contribution in [1.82, 2.24) is 0 Å². The second kappa shape index (κ2) is 2.81. The lowest BCUT2D eigenvalue weighted by atomic mass is 10.2. The first kappa shape index (κ1) is 7.89. The average Bonchev–Trinajstić information content (AvgIpc) is 1.82. The van der Waals surface area contributed by atoms with Crippen LogP contribution in [0.1, 0.15) is 5.56 Å². The predicted octanol–water partition coefficient (Wildman–Crippen LogP) is 3.12. The summed E-state index contributed by atoms with van der Waals surface area (Å²) in [6.45, 7) is 1.88. The first-order valence-corrected chi connectivity index (χ1v) is 3.93. The fourth-order valence-electron chi connectivity index (χ4n) is 0.632. The van der Waals surface area contributed by atoms with Crippen LogP contribution in [0.25, 0.3) is 0 Å². The lowest BCUT2D eigenvalue weighted by Gasteiger charge is -2.00. The third-order valence-electron chi connectivity index (χ3n) is 1.27. The van der Waals surface area contributed by atoms with E-state index in [9.17, 15) is 0 Å². The van der Waals surface area contributed by atoms with Gasteiger partial charge in [-0.3, -0.25) is 0 Å². The van der Waals surface area contributed by atoms with Crippen LogP contribution in [-0.4, -0.2) is 5.11 Å². The summed E-state index contributed by atoms with van der Waals surface area (Å²) in [5.41, 5.74) is 0.944. The second-order valence-corrected chi connectivity index (χ2v) is 3.30. The van der Waals surface area contributed by atoms with Crippen molar-refractivity contribution in [2.75, 3.05) is 0 Å². The van der Waals surface area contributed by atoms with Crippen LogP contribution in [0.3, 0.4) is 0 Å². The molecule has 0 spiro atoms. The topological polar surface area (TPSA) is 20.2 Å². The third kappa shape index (κ3) is 1.44. The van der Waals surface area contributed by atoms with Crippen LogP contribution in [0.2, 0.25) is 5.02 Å². The predicted molar refractivity (Wildman–Crippen MR) is 45.6 cm³/mol. The second-order valence-electron chi connectivity index (χ2n) is 2.03. The standard InChI is InChI=1S/C7H6BrClO/c1-4-6(8)2-5(10)3-7(4)9/h2-3,10H,1H3. The highest BCUT2D eigenvalue weighted by atomic mass is 79.9. The van der Waals surface area contributed by atoms with Gasteiger partial charge in [0.25, 0.3) is 0 Å². The zero-order chi connectivity index (χ0) is 7.72. The van der Waals surface area contributed by atoms with E-state index in [1.54, 1.807) is 6.07 Å². The van der Waals surface area contributed by atoms with Crippen molar-refractivity contribution < 1.29 is 5.11 Å². The molecule has 0 aliphatic carbocycles. The van der Waals surface area contributed by atoms with E-state index in [1.807, 2.05) is 6.92 Å². The number of benzene rings is 1. The van der Waals surface area contributed by atoms with Gasteiger partial charge in [0, 0.05) is 9.50 Å². The zero-order valence-corrected chi connectivity index (χ0v) is 7.70. The molecule has 10 heavy (non-hydrogen) atoms. The van der Waals surface area contributed by atoms with Crippen molar-refractivity contribution in [3.8, 4) is 5.75 Å². The summed E-state index contributed by atoms with van der Waals surface area (Å²) in [5, 5.41) is 9.58. The smallest absolute Gasteiger partial charge is 0.118 e. The molecule has 0 amide bonds. The van der Waals surface area contributed by atoms with Gasteiger partial charge in [0.05, 0.1) is 0 Å². The van der Waals surface area contributed by atoms with E-state index >= 15 is 0 Å². The van der Waals surface area contributed by atoms with Crippen LogP contribution >= 0.6 is 27.5 Å². The summed E-state index contributed by atoms with van der Waals surface area (Å²) >= 11 is 8.98. The van der Waals surface area contributed by atoms with Gasteiger partial charge in [0.15, 0.2) is 0 Å². The van der Waals surface area contributed by atoms with E-state index in [0.717, 1.165) is 10.0 Å². The molecule has 0 aliphatic heterocycles. The molecule has 1 rings (SSSR count). The van der Waals surface area contributed by atoms with Crippen LogP contribution in [0.5, 0.6) is 5.75 Å². The first-order valence-electron chi connectivity index (χ1n) is 2.76. The quantitative estimate of drug-likeness (QED) is 0.714. The normalized spacial score (nSPS) is 9.90. The number of phenolic OH excluding ortho intramolecular Hbond substituents is 1. The number of phenols is 1. The van der Waals surface area contributed by atoms with Crippen LogP contribution in [0.4, 0.5) is 0 Å². The Bertz CT molecular complexity index is 237. The molecule has 1 N–H and O–H groups in total. The van der Waals surface area contributed by atoms with Gasteiger partial charge in [-0.1, -0.05) is 27.5 Å². The Labute approximate surface area is 72.8 Å². The van der Waals surface area contributed by atoms with Crippen molar-refractivity contribution in [1.29, 1.82) is 0 Å². The molecule has 0 fully saturated rings. The molecule has 0 bridgehead atoms. The summed E-state index contributed by atoms with van der Waals surface area (Å²) in [4.78, 5) is 0. The fourth-order valence-corrected chi connectivity index (χ4v) is 1.41. The number of halogens is 2. The molecule has 0 heterocycles. The van der Waals surface area contributed by atoms with Crippen molar-refractivity contribution in [2.24, 2.45) is 0 Å². The summed E-state index contributed by atoms with van der Waals surface area (Å²) < 4.78 is 0.831. The average molecular weight is 221 g/mol. The van der Waals surface area contributed by atoms with E-state index in [1.165, 1.54) is 6.07 Å². The van der Waals surface area contributed by atoms with Gasteiger partial charge in [0.1, 0.15) is 5.75 Å². The molecule has 1 nitrogen and oxygen atoms in total. The van der Waals surface area contributed by atoms with Crippen molar-refractivity contribution >= 4 is 27.5 Å². The van der Waals surface area contributed by atoms with Crippen LogP contribution < -0.4 is 0 Å². The maximum atomic E-state index is 9.00. The van der Waals surface area contributed by atoms with Gasteiger partial charge in [0.2, 0.25) is 0 Å². The van der Waals surface area contributed by atoms with Gasteiger partial charge >= 0.3 is 0 Å². The highest BCUT2D eigenvalue weighted by Crippen LogP contribution is 2.28. The molecule has 1 aromatic carbocycles. The molecule has 0 saturated carbocycles. The lowest BCUT2D eigenvalue weighted by Crippen LogP contribution is -1.76. The van der Waals surface area contributed by atoms with E-state index < -0.39 is 0 Å². The summed E-state index contributed by atoms with van der Waals surface area (Å²) in [6.07, 6.45) is 0. The lowest BCUT2D eigenvalue weighted by molar-refractivity contribution is 0.475. The Morgan fingerprint density at radius 1 is 1.50 bits per heavy atom. The molecule has 0 radical (unpaired) electrons. The van der Waals surface area contributed by atoms with Crippen LogP contribution in [-0.2, 0) is 0 Å². The summed E-state index contributed by atoms with van der Waals surface area (Å²) in [7, 11) is 0. The maximum Gasteiger partial charge on any atom is 0.118 e. The highest BCUT2D eigenvalue weighted by Gasteiger charge is 2.00. The Balaban J connectivity index is 3.31. The Morgan fingerprint density at radius 2 is 2.10 bits per heavy atom. The zero-order valence-electron chi connectivity index (χ0n) is 5.36. The molecule has 3 heteroatoms. The Kier molecular flexibility index (Phi) is 2.21. The van der Waals surface area contributed by atoms with Gasteiger partial charge in [-0.15, -0.1) is 0 Å². The number of rotatable bonds is 0. The van der Waals surface area contributed by atoms with E-state index in [-0.39, 0.29) is 5.75 Å². The van der Waals surface area contributed by atoms with Gasteiger partial charge in [-0.25, -0.2) is 0 Å². The SMILES string of the molecule is Cc1c(Cl)cc(O)cc1Br. The molecule has 1 aromatic rings. The van der Waals surface area contributed by atoms with E-state index in [2.05, 4.69) is 15.9 Å². The molecular weight excluding hydrogens is 215 g/mol. The fraction of sp³-hybridized carbons (Fsp3) is 0.143. The van der Waals surface area contributed by atoms with Gasteiger partial charge < -0.3 is 5.11 Å². The Hall–Kier alpha value is -0.210. The minimum absolute atomic E-state index is 0.183. The van der Waals surface area contributed by atoms with E-state index in [4.69, 9.17) is 16.7 Å². The van der Waals surface area contributed by atoms with Gasteiger partial charge in [-0.2, -0.15) is 0 Å². The van der Waals surface area contributed by atoms with E-state index in [0.29, 0.717) is 5.02 Å². The molecular formula is C7H6BrClO. The Morgan fingerprint density at radius 3 is 2.60 bits per heavy atom. The highest BCUT2D eigenvalue weighted by molar-refractivity contribution is 9.10. The third-order valence-corrected chi connectivity index (χ3v) is 2.48. The number of hydrogen-bond donors (Lipinski definition) is 1.